The van der Waals surface area contributed by atoms with Crippen molar-refractivity contribution >= 4 is 10.2 Å². The van der Waals surface area contributed by atoms with Gasteiger partial charge in [0.2, 0.25) is 0 Å². The number of halogens is 9. The van der Waals surface area contributed by atoms with Crippen molar-refractivity contribution in [2.24, 2.45) is 5.92 Å². The van der Waals surface area contributed by atoms with Gasteiger partial charge in [-0.05, 0) is 66.6 Å². The van der Waals surface area contributed by atoms with Crippen LogP contribution in [-0.4, -0.2) is 0 Å². The zero-order valence-corrected chi connectivity index (χ0v) is 17.0. The van der Waals surface area contributed by atoms with E-state index in [0.29, 0.717) is 18.8 Å². The molecule has 0 bridgehead atoms. The number of benzene rings is 2. The molecule has 1 nitrogen and oxygen atoms in total. The summed E-state index contributed by atoms with van der Waals surface area (Å²) < 4.78 is 125. The van der Waals surface area contributed by atoms with Crippen LogP contribution < -0.4 is 4.74 Å². The van der Waals surface area contributed by atoms with E-state index in [2.05, 4.69) is 4.74 Å². The van der Waals surface area contributed by atoms with Crippen LogP contribution in [0.15, 0.2) is 41.3 Å². The highest BCUT2D eigenvalue weighted by Gasteiger charge is 2.65. The van der Waals surface area contributed by atoms with Crippen molar-refractivity contribution in [3.63, 3.8) is 0 Å². The van der Waals surface area contributed by atoms with Gasteiger partial charge in [0, 0.05) is 0 Å². The molecule has 174 valence electrons. The van der Waals surface area contributed by atoms with Gasteiger partial charge in [0.25, 0.3) is 0 Å². The third-order valence-corrected chi connectivity index (χ3v) is 6.52. The lowest BCUT2D eigenvalue weighted by Gasteiger charge is -2.40. The van der Waals surface area contributed by atoms with Crippen LogP contribution in [0.5, 0.6) is 5.75 Å². The molecular weight excluding hydrogens is 459 g/mol. The maximum absolute atomic E-state index is 14.4. The monoisotopic (exact) mass is 478 g/mol. The first-order valence-electron chi connectivity index (χ1n) is 9.36. The van der Waals surface area contributed by atoms with Crippen molar-refractivity contribution in [1.29, 1.82) is 0 Å². The van der Waals surface area contributed by atoms with Gasteiger partial charge in [-0.15, -0.1) is 0 Å². The van der Waals surface area contributed by atoms with Crippen LogP contribution in [-0.2, 0) is 6.11 Å². The maximum Gasteiger partial charge on any atom is 0.432 e. The molecule has 0 saturated heterocycles. The highest BCUT2D eigenvalue weighted by Crippen LogP contribution is 3.02. The van der Waals surface area contributed by atoms with E-state index in [0.717, 1.165) is 25.0 Å². The predicted molar refractivity (Wildman–Crippen MR) is 99.1 cm³/mol. The second-order valence-corrected chi connectivity index (χ2v) is 10.3. The van der Waals surface area contributed by atoms with Crippen molar-refractivity contribution in [1.82, 2.24) is 0 Å². The van der Waals surface area contributed by atoms with E-state index < -0.39 is 44.2 Å². The minimum atomic E-state index is -10.00. The molecule has 2 aromatic carbocycles. The molecule has 0 aromatic heterocycles. The van der Waals surface area contributed by atoms with Gasteiger partial charge in [0.15, 0.2) is 0 Å². The molecule has 0 unspecified atom stereocenters. The van der Waals surface area contributed by atoms with E-state index in [-0.39, 0.29) is 35.7 Å². The highest BCUT2D eigenvalue weighted by molar-refractivity contribution is 8.45. The normalized spacial score (nSPS) is 22.5. The quantitative estimate of drug-likeness (QED) is 0.390. The van der Waals surface area contributed by atoms with Gasteiger partial charge in [-0.1, -0.05) is 39.2 Å². The minimum Gasteiger partial charge on any atom is -0.429 e. The summed E-state index contributed by atoms with van der Waals surface area (Å²) in [5.41, 5.74) is -1.47. The number of hydrogen-bond donors (Lipinski definition) is 0. The minimum absolute atomic E-state index is 0.132. The molecule has 0 aliphatic heterocycles. The average molecular weight is 478 g/mol. The Morgan fingerprint density at radius 3 is 1.77 bits per heavy atom. The van der Waals surface area contributed by atoms with E-state index in [9.17, 15) is 37.0 Å². The predicted octanol–water partition coefficient (Wildman–Crippen LogP) is 9.04. The standard InChI is InChI=1S/C20H19F9OS/c1-12-2-4-13(5-3-12)14-10-17(21)19(18(22)11-14)20(23,24)30-15-6-8-16(9-7-15)31(25,26,27,28)29/h6-13H,2-5H2,1H3. The molecule has 0 atom stereocenters. The summed E-state index contributed by atoms with van der Waals surface area (Å²) in [7, 11) is -10.00. The van der Waals surface area contributed by atoms with Gasteiger partial charge >= 0.3 is 16.3 Å². The topological polar surface area (TPSA) is 9.23 Å². The van der Waals surface area contributed by atoms with Crippen LogP contribution in [0.2, 0.25) is 0 Å². The molecule has 1 fully saturated rings. The Morgan fingerprint density at radius 2 is 1.32 bits per heavy atom. The number of rotatable bonds is 5. The molecular formula is C20H19F9OS. The Morgan fingerprint density at radius 1 is 0.839 bits per heavy atom. The smallest absolute Gasteiger partial charge is 0.429 e. The Labute approximate surface area is 172 Å². The largest absolute Gasteiger partial charge is 0.432 e. The number of alkyl halides is 2. The molecule has 3 rings (SSSR count). The van der Waals surface area contributed by atoms with Crippen LogP contribution in [0, 0.1) is 17.6 Å². The fraction of sp³-hybridized carbons (Fsp3) is 0.400. The van der Waals surface area contributed by atoms with Crippen LogP contribution in [0.4, 0.5) is 37.0 Å². The first-order valence-corrected chi connectivity index (χ1v) is 11.3. The summed E-state index contributed by atoms with van der Waals surface area (Å²) >= 11 is 0. The molecule has 11 heteroatoms. The zero-order valence-electron chi connectivity index (χ0n) is 16.2. The second-order valence-electron chi connectivity index (χ2n) is 7.88. The van der Waals surface area contributed by atoms with Crippen molar-refractivity contribution in [3.05, 3.63) is 59.2 Å². The third-order valence-electron chi connectivity index (χ3n) is 5.36. The number of hydrogen-bond acceptors (Lipinski definition) is 1. The average Bonchev–Trinajstić information content (AvgIpc) is 2.59. The first-order chi connectivity index (χ1) is 14.0. The van der Waals surface area contributed by atoms with Crippen molar-refractivity contribution in [2.75, 3.05) is 0 Å². The van der Waals surface area contributed by atoms with Gasteiger partial charge in [0.1, 0.15) is 27.8 Å². The van der Waals surface area contributed by atoms with Crippen LogP contribution in [0.25, 0.3) is 0 Å². The molecule has 0 N–H and O–H groups in total. The van der Waals surface area contributed by atoms with E-state index in [1.54, 1.807) is 0 Å². The van der Waals surface area contributed by atoms with E-state index in [1.165, 1.54) is 0 Å². The molecule has 1 aliphatic rings. The SMILES string of the molecule is CC1CCC(c2cc(F)c(C(F)(F)Oc3ccc(S(F)(F)(F)(F)F)cc3)c(F)c2)CC1. The Kier molecular flexibility index (Phi) is 5.32. The van der Waals surface area contributed by atoms with Crippen LogP contribution in [0.3, 0.4) is 0 Å². The summed E-state index contributed by atoms with van der Waals surface area (Å²) in [5, 5.41) is 0. The van der Waals surface area contributed by atoms with E-state index in [1.807, 2.05) is 6.92 Å². The van der Waals surface area contributed by atoms with Crippen molar-refractivity contribution in [3.8, 4) is 5.75 Å². The summed E-state index contributed by atoms with van der Waals surface area (Å²) in [4.78, 5) is -2.31. The molecule has 0 spiro atoms. The van der Waals surface area contributed by atoms with Crippen molar-refractivity contribution < 1.29 is 41.7 Å². The lowest BCUT2D eigenvalue weighted by Crippen LogP contribution is -2.25. The zero-order chi connectivity index (χ0) is 23.3. The van der Waals surface area contributed by atoms with Crippen LogP contribution in [0.1, 0.15) is 49.7 Å². The van der Waals surface area contributed by atoms with Gasteiger partial charge < -0.3 is 4.74 Å². The van der Waals surface area contributed by atoms with Gasteiger partial charge in [-0.3, -0.25) is 0 Å². The molecule has 31 heavy (non-hydrogen) atoms. The maximum atomic E-state index is 14.4. The van der Waals surface area contributed by atoms with Gasteiger partial charge in [0.05, 0.1) is 0 Å². The fourth-order valence-corrected chi connectivity index (χ4v) is 4.31. The Balaban J connectivity index is 1.85. The van der Waals surface area contributed by atoms with E-state index in [4.69, 9.17) is 0 Å². The lowest BCUT2D eigenvalue weighted by atomic mass is 9.79. The number of ether oxygens (including phenoxy) is 1. The van der Waals surface area contributed by atoms with Gasteiger partial charge in [-0.2, -0.15) is 8.78 Å². The van der Waals surface area contributed by atoms with Crippen molar-refractivity contribution in [2.45, 2.75) is 49.5 Å². The Hall–Kier alpha value is -2.04. The Bertz CT molecular complexity index is 940. The molecule has 0 amide bonds. The summed E-state index contributed by atoms with van der Waals surface area (Å²) in [5.74, 6) is -3.82. The summed E-state index contributed by atoms with van der Waals surface area (Å²) in [6.07, 6.45) is -1.60. The molecule has 2 aromatic rings. The first kappa shape index (κ1) is 23.6. The van der Waals surface area contributed by atoms with Crippen LogP contribution >= 0.6 is 10.2 Å². The molecule has 1 saturated carbocycles. The highest BCUT2D eigenvalue weighted by atomic mass is 32.5. The summed E-state index contributed by atoms with van der Waals surface area (Å²) in [6, 6.07) is 1.80. The summed E-state index contributed by atoms with van der Waals surface area (Å²) in [6.45, 7) is 2.04. The van der Waals surface area contributed by atoms with E-state index >= 15 is 0 Å². The van der Waals surface area contributed by atoms with Gasteiger partial charge in [-0.25, -0.2) is 8.78 Å². The lowest BCUT2D eigenvalue weighted by molar-refractivity contribution is -0.189. The molecule has 0 radical (unpaired) electrons. The molecule has 1 aliphatic carbocycles. The second kappa shape index (κ2) is 6.98. The fourth-order valence-electron chi connectivity index (χ4n) is 3.66. The third kappa shape index (κ3) is 5.42. The molecule has 0 heterocycles.